The number of halogens is 1. The van der Waals surface area contributed by atoms with Crippen LogP contribution in [0.1, 0.15) is 28.8 Å². The lowest BCUT2D eigenvalue weighted by Crippen LogP contribution is -2.71. The number of carboxylic acid groups (broad SMARTS) is 1. The number of anilines is 2. The number of nitrogen functional groups attached to an aromatic ring is 1. The number of aromatic nitrogens is 1. The first-order chi connectivity index (χ1) is 28.1. The van der Waals surface area contributed by atoms with Crippen LogP contribution in [0.4, 0.5) is 15.2 Å². The molecule has 2 fully saturated rings. The molecular weight excluding hydrogens is 784 g/mol. The molecule has 1 aromatic heterocycles. The molecule has 13 nitrogen and oxygen atoms in total. The second-order valence-corrected chi connectivity index (χ2v) is 15.4. The molecule has 16 heteroatoms. The average Bonchev–Trinajstić information content (AvgIpc) is 3.83. The van der Waals surface area contributed by atoms with Gasteiger partial charge in [0.15, 0.2) is 16.7 Å². The lowest BCUT2D eigenvalue weighted by Gasteiger charge is -2.49. The Morgan fingerprint density at radius 2 is 1.59 bits per heavy atom. The molecule has 0 radical (unpaired) electrons. The van der Waals surface area contributed by atoms with Crippen molar-refractivity contribution in [1.82, 2.24) is 15.2 Å². The number of thiazole rings is 1. The fourth-order valence-electron chi connectivity index (χ4n) is 7.26. The van der Waals surface area contributed by atoms with Crippen molar-refractivity contribution in [3.05, 3.63) is 166 Å². The molecular formula is C42H33FN6O7S2. The van der Waals surface area contributed by atoms with E-state index in [0.717, 1.165) is 39.0 Å². The molecule has 292 valence electrons. The molecule has 5 N–H and O–H groups in total. The number of aromatic hydroxyl groups is 1. The van der Waals surface area contributed by atoms with Gasteiger partial charge < -0.3 is 31.0 Å². The molecule has 2 atom stereocenters. The number of fused-ring (bicyclic) bond motifs is 1. The zero-order chi connectivity index (χ0) is 40.6. The second kappa shape index (κ2) is 15.6. The Morgan fingerprint density at radius 1 is 0.966 bits per heavy atom. The number of aliphatic carboxylic acids is 1. The predicted octanol–water partition coefficient (Wildman–Crippen LogP) is 5.38. The molecule has 4 aromatic carbocycles. The summed E-state index contributed by atoms with van der Waals surface area (Å²) in [5.41, 5.74) is 6.75. The van der Waals surface area contributed by atoms with Gasteiger partial charge in [-0.1, -0.05) is 96.2 Å². The van der Waals surface area contributed by atoms with Crippen LogP contribution in [-0.4, -0.2) is 73.2 Å². The number of amides is 3. The molecule has 3 aliphatic rings. The van der Waals surface area contributed by atoms with Crippen LogP contribution in [0, 0.1) is 5.82 Å². The number of carboxylic acids is 1. The van der Waals surface area contributed by atoms with Crippen molar-refractivity contribution < 1.29 is 38.6 Å². The molecule has 3 aliphatic heterocycles. The van der Waals surface area contributed by atoms with E-state index in [1.807, 2.05) is 91.0 Å². The Kier molecular flexibility index (Phi) is 10.3. The van der Waals surface area contributed by atoms with E-state index >= 15 is 0 Å². The maximum atomic E-state index is 14.6. The highest BCUT2D eigenvalue weighted by Gasteiger charge is 2.54. The minimum absolute atomic E-state index is 0.0206. The molecule has 2 saturated heterocycles. The zero-order valence-electron chi connectivity index (χ0n) is 30.3. The normalized spacial score (nSPS) is 18.9. The monoisotopic (exact) mass is 816 g/mol. The lowest BCUT2D eigenvalue weighted by atomic mass is 9.80. The molecule has 0 unspecified atom stereocenters. The SMILES string of the molecule is Nc1nc(/C(=N/OC(c2ccccc2)(c2ccccc2)c2ccccc2)C(=O)N[C@@H]2C(=O)N3C(C(=O)O)=C(/C=C4\CCN(c5ccc(O)cc5F)C4=O)CS[C@H]23)cs1. The first-order valence-electron chi connectivity index (χ1n) is 17.9. The number of nitrogens with zero attached hydrogens (tertiary/aromatic N) is 4. The smallest absolute Gasteiger partial charge is 0.352 e. The number of thioether (sulfide) groups is 1. The number of nitrogens with two attached hydrogens (primary N) is 1. The first-order valence-corrected chi connectivity index (χ1v) is 19.9. The number of β-lactam (4-membered cyclic amide) rings is 1. The van der Waals surface area contributed by atoms with E-state index in [2.05, 4.69) is 15.5 Å². The minimum atomic E-state index is -1.39. The maximum absolute atomic E-state index is 14.6. The van der Waals surface area contributed by atoms with Crippen LogP contribution in [0.2, 0.25) is 0 Å². The quantitative estimate of drug-likeness (QED) is 0.0443. The van der Waals surface area contributed by atoms with Crippen LogP contribution in [-0.2, 0) is 29.6 Å². The topological polar surface area (TPSA) is 188 Å². The van der Waals surface area contributed by atoms with Crippen LogP contribution in [0.25, 0.3) is 0 Å². The molecule has 5 aromatic rings. The summed E-state index contributed by atoms with van der Waals surface area (Å²) in [6, 6.07) is 30.5. The predicted molar refractivity (Wildman–Crippen MR) is 216 cm³/mol. The van der Waals surface area contributed by atoms with Gasteiger partial charge in [0, 0.05) is 46.0 Å². The number of hydrogen-bond donors (Lipinski definition) is 4. The highest BCUT2D eigenvalue weighted by Crippen LogP contribution is 2.43. The number of carbonyl (C=O) groups is 4. The Bertz CT molecular complexity index is 2430. The summed E-state index contributed by atoms with van der Waals surface area (Å²) in [6.45, 7) is 0.135. The van der Waals surface area contributed by atoms with Crippen LogP contribution < -0.4 is 16.0 Å². The van der Waals surface area contributed by atoms with Gasteiger partial charge in [-0.15, -0.1) is 23.1 Å². The van der Waals surface area contributed by atoms with E-state index in [1.165, 1.54) is 34.9 Å². The summed E-state index contributed by atoms with van der Waals surface area (Å²) < 4.78 is 14.6. The highest BCUT2D eigenvalue weighted by molar-refractivity contribution is 8.00. The van der Waals surface area contributed by atoms with Crippen molar-refractivity contribution in [3.63, 3.8) is 0 Å². The third kappa shape index (κ3) is 6.85. The lowest BCUT2D eigenvalue weighted by molar-refractivity contribution is -0.150. The summed E-state index contributed by atoms with van der Waals surface area (Å²) in [6.07, 6.45) is 1.63. The summed E-state index contributed by atoms with van der Waals surface area (Å²) in [4.78, 5) is 67.2. The van der Waals surface area contributed by atoms with Crippen LogP contribution >= 0.6 is 23.1 Å². The molecule has 4 heterocycles. The van der Waals surface area contributed by atoms with E-state index < -0.39 is 46.5 Å². The van der Waals surface area contributed by atoms with Gasteiger partial charge in [-0.3, -0.25) is 19.3 Å². The number of rotatable bonds is 11. The standard InChI is InChI=1S/C42H33FN6O7S2/c43-30-21-29(50)16-17-32(30)48-19-18-24(37(48)52)20-25-22-57-39-34(38(53)49(39)35(25)40(54)55)46-36(51)33(31-23-58-41(44)45-31)47-56-42(26-10-4-1-5-11-26,27-12-6-2-7-13-27)28-14-8-3-9-15-28/h1-17,20-21,23,34,39,50H,18-19,22H2,(H2,44,45)(H,46,51)(H,54,55)/b24-20+,47-33-/t34-,39-/m1/s1. The van der Waals surface area contributed by atoms with Gasteiger partial charge >= 0.3 is 5.97 Å². The van der Waals surface area contributed by atoms with Crippen molar-refractivity contribution in [1.29, 1.82) is 0 Å². The van der Waals surface area contributed by atoms with E-state index in [9.17, 15) is 33.8 Å². The van der Waals surface area contributed by atoms with Crippen molar-refractivity contribution in [2.75, 3.05) is 22.9 Å². The largest absolute Gasteiger partial charge is 0.508 e. The van der Waals surface area contributed by atoms with Crippen molar-refractivity contribution >= 4 is 63.3 Å². The number of benzene rings is 4. The number of nitrogens with one attached hydrogen (secondary N) is 1. The highest BCUT2D eigenvalue weighted by atomic mass is 32.2. The molecule has 0 bridgehead atoms. The van der Waals surface area contributed by atoms with E-state index in [1.54, 1.807) is 5.38 Å². The van der Waals surface area contributed by atoms with Gasteiger partial charge in [-0.05, 0) is 30.2 Å². The molecule has 0 spiro atoms. The number of allylic oxidation sites excluding steroid dienone is 1. The zero-order valence-corrected chi connectivity index (χ0v) is 32.0. The van der Waals surface area contributed by atoms with Crippen LogP contribution in [0.5, 0.6) is 5.75 Å². The van der Waals surface area contributed by atoms with Gasteiger partial charge in [0.05, 0.1) is 5.69 Å². The van der Waals surface area contributed by atoms with Crippen molar-refractivity contribution in [2.45, 2.75) is 23.4 Å². The number of carbonyl (C=O) groups excluding carboxylic acids is 3. The molecule has 3 amide bonds. The Labute approximate surface area is 338 Å². The molecule has 0 saturated carbocycles. The third-order valence-electron chi connectivity index (χ3n) is 9.98. The number of phenols is 1. The Morgan fingerprint density at radius 3 is 2.14 bits per heavy atom. The third-order valence-corrected chi connectivity index (χ3v) is 12.0. The molecule has 58 heavy (non-hydrogen) atoms. The summed E-state index contributed by atoms with van der Waals surface area (Å²) in [7, 11) is 0. The number of phenolic OH excluding ortho intramolecular Hbond substituents is 1. The second-order valence-electron chi connectivity index (χ2n) is 13.4. The van der Waals surface area contributed by atoms with E-state index in [4.69, 9.17) is 10.6 Å². The van der Waals surface area contributed by atoms with Crippen LogP contribution in [0.15, 0.2) is 143 Å². The summed E-state index contributed by atoms with van der Waals surface area (Å²) in [5.74, 6) is -4.39. The van der Waals surface area contributed by atoms with E-state index in [-0.39, 0.29) is 63.5 Å². The average molecular weight is 817 g/mol. The van der Waals surface area contributed by atoms with Gasteiger partial charge in [-0.2, -0.15) is 0 Å². The summed E-state index contributed by atoms with van der Waals surface area (Å²) >= 11 is 2.30. The fourth-order valence-corrected chi connectivity index (χ4v) is 9.11. The molecule has 8 rings (SSSR count). The fraction of sp³-hybridized carbons (Fsp3) is 0.143. The van der Waals surface area contributed by atoms with Gasteiger partial charge in [0.2, 0.25) is 5.60 Å². The number of hydrogen-bond acceptors (Lipinski definition) is 11. The van der Waals surface area contributed by atoms with E-state index in [0.29, 0.717) is 0 Å². The van der Waals surface area contributed by atoms with Crippen LogP contribution in [0.3, 0.4) is 0 Å². The van der Waals surface area contributed by atoms with Gasteiger partial charge in [0.25, 0.3) is 17.7 Å². The minimum Gasteiger partial charge on any atom is -0.508 e. The number of oxime groups is 1. The maximum Gasteiger partial charge on any atom is 0.352 e. The molecule has 0 aliphatic carbocycles. The van der Waals surface area contributed by atoms with Gasteiger partial charge in [0.1, 0.15) is 28.6 Å². The first kappa shape index (κ1) is 38.1. The van der Waals surface area contributed by atoms with Crippen molar-refractivity contribution in [3.8, 4) is 5.75 Å². The summed E-state index contributed by atoms with van der Waals surface area (Å²) in [5, 5.41) is 28.0. The van der Waals surface area contributed by atoms with Gasteiger partial charge in [-0.25, -0.2) is 14.2 Å². The Balaban J connectivity index is 1.09. The van der Waals surface area contributed by atoms with Crippen molar-refractivity contribution in [2.24, 2.45) is 5.16 Å². The Hall–Kier alpha value is -6.78.